The lowest BCUT2D eigenvalue weighted by Crippen LogP contribution is -2.46. The summed E-state index contributed by atoms with van der Waals surface area (Å²) in [5, 5.41) is 9.85. The van der Waals surface area contributed by atoms with E-state index in [1.165, 1.54) is 12.8 Å². The van der Waals surface area contributed by atoms with Gasteiger partial charge in [0, 0.05) is 19.0 Å². The fraction of sp³-hybridized carbons (Fsp3) is 0.909. The first-order valence-electron chi connectivity index (χ1n) is 5.72. The van der Waals surface area contributed by atoms with Crippen LogP contribution in [0.4, 0.5) is 0 Å². The van der Waals surface area contributed by atoms with Crippen LogP contribution in [-0.2, 0) is 4.79 Å². The van der Waals surface area contributed by atoms with Crippen molar-refractivity contribution in [3.8, 4) is 0 Å². The monoisotopic (exact) mass is 231 g/mol. The van der Waals surface area contributed by atoms with E-state index in [1.54, 1.807) is 4.90 Å². The van der Waals surface area contributed by atoms with E-state index >= 15 is 0 Å². The normalized spacial score (nSPS) is 31.7. The van der Waals surface area contributed by atoms with Gasteiger partial charge in [0.2, 0.25) is 5.91 Å². The second kappa shape index (κ2) is 4.71. The van der Waals surface area contributed by atoms with Gasteiger partial charge in [-0.1, -0.05) is 12.8 Å². The van der Waals surface area contributed by atoms with Crippen LogP contribution in [-0.4, -0.2) is 41.0 Å². The summed E-state index contributed by atoms with van der Waals surface area (Å²) in [4.78, 5) is 13.2. The number of carbonyl (C=O) groups is 1. The second-order valence-corrected chi connectivity index (χ2v) is 5.04. The lowest BCUT2D eigenvalue weighted by atomic mass is 9.90. The minimum Gasteiger partial charge on any atom is -0.393 e. The molecule has 0 bridgehead atoms. The van der Waals surface area contributed by atoms with Crippen molar-refractivity contribution in [3.05, 3.63) is 0 Å². The summed E-state index contributed by atoms with van der Waals surface area (Å²) >= 11 is 5.53. The molecule has 0 spiro atoms. The van der Waals surface area contributed by atoms with Crippen molar-refractivity contribution >= 4 is 17.5 Å². The maximum Gasteiger partial charge on any atom is 0.237 e. The van der Waals surface area contributed by atoms with E-state index in [0.29, 0.717) is 19.5 Å². The fourth-order valence-corrected chi connectivity index (χ4v) is 2.51. The molecule has 1 saturated heterocycles. The lowest BCUT2D eigenvalue weighted by molar-refractivity contribution is -0.132. The maximum atomic E-state index is 11.4. The molecule has 2 aliphatic rings. The summed E-state index contributed by atoms with van der Waals surface area (Å²) in [6, 6.07) is 0. The molecule has 2 fully saturated rings. The molecule has 0 radical (unpaired) electrons. The summed E-state index contributed by atoms with van der Waals surface area (Å²) in [6.45, 7) is 1.36. The number of carbonyl (C=O) groups excluding carboxylic acids is 1. The van der Waals surface area contributed by atoms with Crippen LogP contribution in [0, 0.1) is 11.8 Å². The SMILES string of the molecule is O=C(CCl)N1CC[C@H](O)[C@H](CC2CC2)C1. The largest absolute Gasteiger partial charge is 0.393 e. The molecule has 86 valence electrons. The van der Waals surface area contributed by atoms with Crippen LogP contribution in [0.25, 0.3) is 0 Å². The first kappa shape index (κ1) is 11.2. The molecule has 1 amide bonds. The van der Waals surface area contributed by atoms with E-state index < -0.39 is 0 Å². The topological polar surface area (TPSA) is 40.5 Å². The van der Waals surface area contributed by atoms with Crippen LogP contribution in [0.1, 0.15) is 25.7 Å². The first-order chi connectivity index (χ1) is 7.20. The Labute approximate surface area is 95.4 Å². The van der Waals surface area contributed by atoms with Crippen molar-refractivity contribution in [2.24, 2.45) is 11.8 Å². The quantitative estimate of drug-likeness (QED) is 0.743. The van der Waals surface area contributed by atoms with Crippen LogP contribution in [0.5, 0.6) is 0 Å². The number of rotatable bonds is 3. The third kappa shape index (κ3) is 2.85. The van der Waals surface area contributed by atoms with Crippen LogP contribution >= 0.6 is 11.6 Å². The molecular weight excluding hydrogens is 214 g/mol. The molecule has 1 N–H and O–H groups in total. The molecule has 0 aromatic carbocycles. The van der Waals surface area contributed by atoms with E-state index in [0.717, 1.165) is 12.3 Å². The predicted octanol–water partition coefficient (Wildman–Crippen LogP) is 1.23. The van der Waals surface area contributed by atoms with Gasteiger partial charge in [-0.2, -0.15) is 0 Å². The Morgan fingerprint density at radius 3 is 2.73 bits per heavy atom. The van der Waals surface area contributed by atoms with Gasteiger partial charge in [0.05, 0.1) is 6.10 Å². The molecular formula is C11H18ClNO2. The second-order valence-electron chi connectivity index (χ2n) is 4.77. The third-order valence-electron chi connectivity index (χ3n) is 3.49. The number of hydrogen-bond acceptors (Lipinski definition) is 2. The molecule has 1 aliphatic heterocycles. The summed E-state index contributed by atoms with van der Waals surface area (Å²) < 4.78 is 0. The first-order valence-corrected chi connectivity index (χ1v) is 6.26. The Morgan fingerprint density at radius 1 is 1.40 bits per heavy atom. The average molecular weight is 232 g/mol. The molecule has 1 aliphatic carbocycles. The Hall–Kier alpha value is -0.280. The minimum atomic E-state index is -0.218. The Kier molecular flexibility index (Phi) is 3.52. The van der Waals surface area contributed by atoms with Gasteiger partial charge in [0.1, 0.15) is 5.88 Å². The van der Waals surface area contributed by atoms with Crippen LogP contribution < -0.4 is 0 Å². The van der Waals surface area contributed by atoms with Gasteiger partial charge in [-0.25, -0.2) is 0 Å². The van der Waals surface area contributed by atoms with Crippen molar-refractivity contribution in [1.82, 2.24) is 4.90 Å². The highest BCUT2D eigenvalue weighted by Gasteiger charge is 2.34. The maximum absolute atomic E-state index is 11.4. The number of aliphatic hydroxyl groups is 1. The predicted molar refractivity (Wildman–Crippen MR) is 58.8 cm³/mol. The molecule has 0 aromatic heterocycles. The van der Waals surface area contributed by atoms with Crippen LogP contribution in [0.3, 0.4) is 0 Å². The summed E-state index contributed by atoms with van der Waals surface area (Å²) in [5.41, 5.74) is 0. The zero-order chi connectivity index (χ0) is 10.8. The van der Waals surface area contributed by atoms with Crippen molar-refractivity contribution < 1.29 is 9.90 Å². The smallest absolute Gasteiger partial charge is 0.237 e. The summed E-state index contributed by atoms with van der Waals surface area (Å²) in [5.74, 6) is 1.14. The van der Waals surface area contributed by atoms with Gasteiger partial charge < -0.3 is 10.0 Å². The van der Waals surface area contributed by atoms with Crippen molar-refractivity contribution in [3.63, 3.8) is 0 Å². The van der Waals surface area contributed by atoms with Crippen molar-refractivity contribution in [2.45, 2.75) is 31.8 Å². The van der Waals surface area contributed by atoms with Crippen molar-refractivity contribution in [2.75, 3.05) is 19.0 Å². The number of alkyl halides is 1. The highest BCUT2D eigenvalue weighted by molar-refractivity contribution is 6.27. The van der Waals surface area contributed by atoms with Gasteiger partial charge in [-0.15, -0.1) is 11.6 Å². The highest BCUT2D eigenvalue weighted by Crippen LogP contribution is 2.37. The van der Waals surface area contributed by atoms with Gasteiger partial charge in [-0.3, -0.25) is 4.79 Å². The summed E-state index contributed by atoms with van der Waals surface area (Å²) in [6.07, 6.45) is 4.16. The molecule has 0 aromatic rings. The fourth-order valence-electron chi connectivity index (χ4n) is 2.34. The Balaban J connectivity index is 1.87. The lowest BCUT2D eigenvalue weighted by Gasteiger charge is -2.36. The third-order valence-corrected chi connectivity index (χ3v) is 3.72. The number of nitrogens with zero attached hydrogens (tertiary/aromatic N) is 1. The number of likely N-dealkylation sites (tertiary alicyclic amines) is 1. The van der Waals surface area contributed by atoms with Crippen molar-refractivity contribution in [1.29, 1.82) is 0 Å². The van der Waals surface area contributed by atoms with Crippen LogP contribution in [0.2, 0.25) is 0 Å². The zero-order valence-electron chi connectivity index (χ0n) is 8.86. The number of piperidine rings is 1. The molecule has 4 heteroatoms. The Bertz CT molecular complexity index is 243. The zero-order valence-corrected chi connectivity index (χ0v) is 9.62. The van der Waals surface area contributed by atoms with E-state index in [1.807, 2.05) is 0 Å². The van der Waals surface area contributed by atoms with Gasteiger partial charge in [-0.05, 0) is 18.8 Å². The summed E-state index contributed by atoms with van der Waals surface area (Å²) in [7, 11) is 0. The van der Waals surface area contributed by atoms with E-state index in [9.17, 15) is 9.90 Å². The van der Waals surface area contributed by atoms with Gasteiger partial charge in [0.15, 0.2) is 0 Å². The standard InChI is InChI=1S/C11H18ClNO2/c12-6-11(15)13-4-3-10(14)9(7-13)5-8-1-2-8/h8-10,14H,1-7H2/t9-,10+/m1/s1. The molecule has 3 nitrogen and oxygen atoms in total. The molecule has 1 heterocycles. The van der Waals surface area contributed by atoms with E-state index in [2.05, 4.69) is 0 Å². The van der Waals surface area contributed by atoms with E-state index in [4.69, 9.17) is 11.6 Å². The molecule has 2 atom stereocenters. The molecule has 0 unspecified atom stereocenters. The number of aliphatic hydroxyl groups excluding tert-OH is 1. The Morgan fingerprint density at radius 2 is 2.13 bits per heavy atom. The van der Waals surface area contributed by atoms with Gasteiger partial charge in [0.25, 0.3) is 0 Å². The number of hydrogen-bond donors (Lipinski definition) is 1. The molecule has 2 rings (SSSR count). The van der Waals surface area contributed by atoms with Gasteiger partial charge >= 0.3 is 0 Å². The number of amides is 1. The average Bonchev–Trinajstić information content (AvgIpc) is 3.04. The number of halogens is 1. The molecule has 1 saturated carbocycles. The van der Waals surface area contributed by atoms with E-state index in [-0.39, 0.29) is 23.8 Å². The minimum absolute atomic E-state index is 0.00404. The molecule has 15 heavy (non-hydrogen) atoms. The highest BCUT2D eigenvalue weighted by atomic mass is 35.5. The van der Waals surface area contributed by atoms with Crippen LogP contribution in [0.15, 0.2) is 0 Å².